The van der Waals surface area contributed by atoms with E-state index in [1.54, 1.807) is 12.1 Å². The first-order valence-electron chi connectivity index (χ1n) is 10.7. The van der Waals surface area contributed by atoms with Gasteiger partial charge in [0, 0.05) is 11.8 Å². The lowest BCUT2D eigenvalue weighted by Gasteiger charge is -2.35. The topological polar surface area (TPSA) is 27.7 Å². The van der Waals surface area contributed by atoms with E-state index in [0.29, 0.717) is 11.8 Å². The van der Waals surface area contributed by atoms with Crippen molar-refractivity contribution >= 4 is 5.57 Å². The summed E-state index contributed by atoms with van der Waals surface area (Å²) in [5.41, 5.74) is 2.10. The Labute approximate surface area is 171 Å². The molecule has 1 fully saturated rings. The fourth-order valence-electron chi connectivity index (χ4n) is 4.09. The van der Waals surface area contributed by atoms with Crippen molar-refractivity contribution in [3.05, 3.63) is 35.9 Å². The zero-order chi connectivity index (χ0) is 20.7. The van der Waals surface area contributed by atoms with Crippen LogP contribution < -0.4 is 4.74 Å². The standard InChI is InChI=1S/C23H31F3O3/c1-2-3-4-5-6-17-15-27-22(28-16-17)20-9-7-18(8-10-20)19-11-13-21(14-12-19)29-23(24,25)26/h7,11-14,17,20,22H,2-6,8-10,15-16H2,1H3. The Balaban J connectivity index is 1.44. The summed E-state index contributed by atoms with van der Waals surface area (Å²) < 4.78 is 52.8. The van der Waals surface area contributed by atoms with E-state index in [-0.39, 0.29) is 12.0 Å². The van der Waals surface area contributed by atoms with Crippen molar-refractivity contribution < 1.29 is 27.4 Å². The maximum absolute atomic E-state index is 12.3. The third-order valence-electron chi connectivity index (χ3n) is 5.75. The van der Waals surface area contributed by atoms with E-state index < -0.39 is 6.36 Å². The minimum atomic E-state index is -4.66. The molecular formula is C23H31F3O3. The highest BCUT2D eigenvalue weighted by Gasteiger charge is 2.32. The summed E-state index contributed by atoms with van der Waals surface area (Å²) in [7, 11) is 0. The molecule has 1 unspecified atom stereocenters. The molecule has 0 radical (unpaired) electrons. The van der Waals surface area contributed by atoms with Crippen molar-refractivity contribution in [1.29, 1.82) is 0 Å². The summed E-state index contributed by atoms with van der Waals surface area (Å²) >= 11 is 0. The third-order valence-corrected chi connectivity index (χ3v) is 5.75. The van der Waals surface area contributed by atoms with Crippen LogP contribution in [0.15, 0.2) is 30.3 Å². The first kappa shape index (κ1) is 22.2. The molecule has 29 heavy (non-hydrogen) atoms. The van der Waals surface area contributed by atoms with Crippen LogP contribution in [0.2, 0.25) is 0 Å². The van der Waals surface area contributed by atoms with E-state index in [4.69, 9.17) is 9.47 Å². The van der Waals surface area contributed by atoms with Crippen LogP contribution in [0.5, 0.6) is 5.75 Å². The van der Waals surface area contributed by atoms with E-state index in [2.05, 4.69) is 17.7 Å². The fourth-order valence-corrected chi connectivity index (χ4v) is 4.09. The Morgan fingerprint density at radius 2 is 1.76 bits per heavy atom. The van der Waals surface area contributed by atoms with Gasteiger partial charge in [0.25, 0.3) is 0 Å². The fraction of sp³-hybridized carbons (Fsp3) is 0.652. The molecular weight excluding hydrogens is 381 g/mol. The molecule has 6 heteroatoms. The molecule has 0 saturated carbocycles. The van der Waals surface area contributed by atoms with Gasteiger partial charge in [-0.05, 0) is 49.0 Å². The lowest BCUT2D eigenvalue weighted by molar-refractivity contribution is -0.274. The number of unbranched alkanes of at least 4 members (excludes halogenated alkanes) is 3. The highest BCUT2D eigenvalue weighted by Crippen LogP contribution is 2.35. The van der Waals surface area contributed by atoms with Gasteiger partial charge in [-0.25, -0.2) is 0 Å². The van der Waals surface area contributed by atoms with Crippen molar-refractivity contribution in [2.75, 3.05) is 13.2 Å². The zero-order valence-corrected chi connectivity index (χ0v) is 17.0. The van der Waals surface area contributed by atoms with Crippen LogP contribution in [0.1, 0.15) is 63.9 Å². The number of hydrogen-bond acceptors (Lipinski definition) is 3. The summed E-state index contributed by atoms with van der Waals surface area (Å²) in [6.07, 6.45) is 6.32. The van der Waals surface area contributed by atoms with Crippen LogP contribution in [0.25, 0.3) is 5.57 Å². The molecule has 1 heterocycles. The largest absolute Gasteiger partial charge is 0.573 e. The first-order valence-corrected chi connectivity index (χ1v) is 10.7. The SMILES string of the molecule is CCCCCCC1COC(C2CC=C(c3ccc(OC(F)(F)F)cc3)CC2)OC1. The van der Waals surface area contributed by atoms with Gasteiger partial charge in [-0.15, -0.1) is 13.2 Å². The van der Waals surface area contributed by atoms with Gasteiger partial charge in [-0.1, -0.05) is 50.8 Å². The average molecular weight is 412 g/mol. The van der Waals surface area contributed by atoms with Crippen molar-refractivity contribution in [2.24, 2.45) is 11.8 Å². The molecule has 3 nitrogen and oxygen atoms in total. The Morgan fingerprint density at radius 3 is 2.34 bits per heavy atom. The summed E-state index contributed by atoms with van der Waals surface area (Å²) in [6, 6.07) is 6.10. The third kappa shape index (κ3) is 7.03. The van der Waals surface area contributed by atoms with Gasteiger partial charge in [-0.3, -0.25) is 0 Å². The number of ether oxygens (including phenoxy) is 3. The second-order valence-corrected chi connectivity index (χ2v) is 8.09. The van der Waals surface area contributed by atoms with Gasteiger partial charge in [0.1, 0.15) is 5.75 Å². The van der Waals surface area contributed by atoms with E-state index in [1.165, 1.54) is 44.2 Å². The highest BCUT2D eigenvalue weighted by molar-refractivity contribution is 5.66. The van der Waals surface area contributed by atoms with Gasteiger partial charge in [0.2, 0.25) is 0 Å². The molecule has 1 atom stereocenters. The monoisotopic (exact) mass is 412 g/mol. The van der Waals surface area contributed by atoms with E-state index in [1.807, 2.05) is 0 Å². The second kappa shape index (κ2) is 10.5. The first-order chi connectivity index (χ1) is 13.9. The van der Waals surface area contributed by atoms with Crippen LogP contribution in [0, 0.1) is 11.8 Å². The molecule has 1 aliphatic heterocycles. The molecule has 1 aromatic carbocycles. The highest BCUT2D eigenvalue weighted by atomic mass is 19.4. The van der Waals surface area contributed by atoms with Crippen LogP contribution in [-0.4, -0.2) is 25.9 Å². The van der Waals surface area contributed by atoms with Crippen molar-refractivity contribution in [1.82, 2.24) is 0 Å². The Kier molecular flexibility index (Phi) is 8.01. The number of rotatable bonds is 8. The summed E-state index contributed by atoms with van der Waals surface area (Å²) in [5.74, 6) is 0.659. The minimum absolute atomic E-state index is 0.137. The Hall–Kier alpha value is -1.53. The minimum Gasteiger partial charge on any atom is -0.406 e. The number of alkyl halides is 3. The van der Waals surface area contributed by atoms with E-state index in [9.17, 15) is 13.2 Å². The molecule has 1 aromatic rings. The molecule has 0 N–H and O–H groups in total. The normalized spacial score (nSPS) is 25.5. The van der Waals surface area contributed by atoms with Crippen LogP contribution in [0.3, 0.4) is 0 Å². The molecule has 2 aliphatic rings. The maximum Gasteiger partial charge on any atom is 0.573 e. The molecule has 162 valence electrons. The second-order valence-electron chi connectivity index (χ2n) is 8.09. The quantitative estimate of drug-likeness (QED) is 0.443. The van der Waals surface area contributed by atoms with Crippen molar-refractivity contribution in [3.8, 4) is 5.75 Å². The Morgan fingerprint density at radius 1 is 1.03 bits per heavy atom. The molecule has 0 aromatic heterocycles. The molecule has 1 saturated heterocycles. The van der Waals surface area contributed by atoms with Gasteiger partial charge < -0.3 is 14.2 Å². The summed E-state index contributed by atoms with van der Waals surface area (Å²) in [4.78, 5) is 0. The van der Waals surface area contributed by atoms with Crippen LogP contribution >= 0.6 is 0 Å². The smallest absolute Gasteiger partial charge is 0.406 e. The molecule has 0 spiro atoms. The van der Waals surface area contributed by atoms with Crippen molar-refractivity contribution in [2.45, 2.75) is 70.9 Å². The molecule has 3 rings (SSSR count). The molecule has 0 amide bonds. The van der Waals surface area contributed by atoms with Gasteiger partial charge >= 0.3 is 6.36 Å². The van der Waals surface area contributed by atoms with E-state index >= 15 is 0 Å². The van der Waals surface area contributed by atoms with Gasteiger partial charge in [0.15, 0.2) is 6.29 Å². The number of allylic oxidation sites excluding steroid dienone is 2. The summed E-state index contributed by atoms with van der Waals surface area (Å²) in [6.45, 7) is 3.79. The van der Waals surface area contributed by atoms with Gasteiger partial charge in [0.05, 0.1) is 13.2 Å². The predicted molar refractivity (Wildman–Crippen MR) is 106 cm³/mol. The van der Waals surface area contributed by atoms with Crippen LogP contribution in [-0.2, 0) is 9.47 Å². The number of halogens is 3. The average Bonchev–Trinajstić information content (AvgIpc) is 2.71. The maximum atomic E-state index is 12.3. The van der Waals surface area contributed by atoms with E-state index in [0.717, 1.165) is 43.6 Å². The number of hydrogen-bond donors (Lipinski definition) is 0. The lowest BCUT2D eigenvalue weighted by Crippen LogP contribution is -2.37. The molecule has 1 aliphatic carbocycles. The lowest BCUT2D eigenvalue weighted by atomic mass is 9.86. The molecule has 0 bridgehead atoms. The van der Waals surface area contributed by atoms with Gasteiger partial charge in [-0.2, -0.15) is 0 Å². The predicted octanol–water partition coefficient (Wildman–Crippen LogP) is 6.73. The number of benzene rings is 1. The van der Waals surface area contributed by atoms with Crippen LogP contribution in [0.4, 0.5) is 13.2 Å². The zero-order valence-electron chi connectivity index (χ0n) is 17.0. The Bertz CT molecular complexity index is 646. The van der Waals surface area contributed by atoms with Crippen molar-refractivity contribution in [3.63, 3.8) is 0 Å². The summed E-state index contributed by atoms with van der Waals surface area (Å²) in [5, 5.41) is 0.